The lowest BCUT2D eigenvalue weighted by molar-refractivity contribution is -0.188. The van der Waals surface area contributed by atoms with Crippen LogP contribution in [-0.4, -0.2) is 42.1 Å². The van der Waals surface area contributed by atoms with Gasteiger partial charge >= 0.3 is 12.1 Å². The molecule has 1 unspecified atom stereocenters. The Balaban J connectivity index is 1.71. The molecule has 34 heavy (non-hydrogen) atoms. The van der Waals surface area contributed by atoms with Crippen LogP contribution in [0.5, 0.6) is 5.75 Å². The van der Waals surface area contributed by atoms with E-state index in [9.17, 15) is 18.0 Å². The third kappa shape index (κ3) is 9.71. The Hall–Kier alpha value is -1.37. The number of hydrogen-bond donors (Lipinski definition) is 0. The number of benzene rings is 1. The number of amides is 1. The number of rotatable bonds is 16. The summed E-state index contributed by atoms with van der Waals surface area (Å²) in [6, 6.07) is 4.98. The molecule has 0 fully saturated rings. The fourth-order valence-corrected chi connectivity index (χ4v) is 5.71. The van der Waals surface area contributed by atoms with E-state index >= 15 is 0 Å². The van der Waals surface area contributed by atoms with Gasteiger partial charge in [-0.05, 0) is 60.4 Å². The number of alkyl halides is 3. The highest BCUT2D eigenvalue weighted by molar-refractivity contribution is 7.99. The van der Waals surface area contributed by atoms with Gasteiger partial charge in [0.2, 0.25) is 0 Å². The van der Waals surface area contributed by atoms with Crippen molar-refractivity contribution >= 4 is 17.7 Å². The molecule has 1 aromatic rings. The third-order valence-electron chi connectivity index (χ3n) is 6.62. The minimum Gasteiger partial charge on any atom is -0.497 e. The topological polar surface area (TPSA) is 29.5 Å². The first-order valence-electron chi connectivity index (χ1n) is 13.0. The van der Waals surface area contributed by atoms with Crippen molar-refractivity contribution in [3.63, 3.8) is 0 Å². The molecule has 1 heterocycles. The zero-order valence-electron chi connectivity index (χ0n) is 20.9. The lowest BCUT2D eigenvalue weighted by atomic mass is 9.89. The van der Waals surface area contributed by atoms with Gasteiger partial charge in [-0.25, -0.2) is 0 Å². The summed E-state index contributed by atoms with van der Waals surface area (Å²) in [5.74, 6) is 1.54. The molecule has 0 saturated heterocycles. The lowest BCUT2D eigenvalue weighted by Gasteiger charge is -2.38. The van der Waals surface area contributed by atoms with Gasteiger partial charge in [0, 0.05) is 6.54 Å². The van der Waals surface area contributed by atoms with E-state index in [0.29, 0.717) is 18.6 Å². The van der Waals surface area contributed by atoms with E-state index in [-0.39, 0.29) is 6.54 Å². The summed E-state index contributed by atoms with van der Waals surface area (Å²) in [4.78, 5) is 13.1. The van der Waals surface area contributed by atoms with Crippen LogP contribution in [0.2, 0.25) is 0 Å². The number of methoxy groups -OCH3 is 1. The monoisotopic (exact) mass is 501 g/mol. The number of unbranched alkanes of at least 4 members (excludes halogenated alkanes) is 9. The molecular formula is C27H42F3NO2S. The van der Waals surface area contributed by atoms with Crippen LogP contribution in [-0.2, 0) is 11.2 Å². The molecule has 1 aromatic carbocycles. The molecule has 194 valence electrons. The lowest BCUT2D eigenvalue weighted by Crippen LogP contribution is -2.46. The molecule has 0 bridgehead atoms. The van der Waals surface area contributed by atoms with E-state index < -0.39 is 18.1 Å². The van der Waals surface area contributed by atoms with E-state index in [4.69, 9.17) is 4.74 Å². The molecule has 0 spiro atoms. The highest BCUT2D eigenvalue weighted by Crippen LogP contribution is 2.37. The summed E-state index contributed by atoms with van der Waals surface area (Å²) in [6.07, 6.45) is 9.28. The van der Waals surface area contributed by atoms with Crippen molar-refractivity contribution in [2.24, 2.45) is 0 Å². The predicted octanol–water partition coefficient (Wildman–Crippen LogP) is 8.12. The SMILES string of the molecule is CCCCCSCCCCCCCCCCC1c2ccc(OC)cc2CCN1C(=O)C(F)(F)F. The molecule has 0 aliphatic carbocycles. The highest BCUT2D eigenvalue weighted by Gasteiger charge is 2.46. The number of hydrogen-bond acceptors (Lipinski definition) is 3. The molecule has 0 aromatic heterocycles. The average molecular weight is 502 g/mol. The third-order valence-corrected chi connectivity index (χ3v) is 7.77. The van der Waals surface area contributed by atoms with Crippen molar-refractivity contribution in [1.29, 1.82) is 0 Å². The van der Waals surface area contributed by atoms with Crippen LogP contribution in [0, 0.1) is 0 Å². The van der Waals surface area contributed by atoms with Gasteiger partial charge in [0.05, 0.1) is 13.2 Å². The Morgan fingerprint density at radius 3 is 2.24 bits per heavy atom. The number of fused-ring (bicyclic) bond motifs is 1. The Labute approximate surface area is 208 Å². The fourth-order valence-electron chi connectivity index (χ4n) is 4.69. The zero-order chi connectivity index (χ0) is 24.8. The van der Waals surface area contributed by atoms with Crippen molar-refractivity contribution in [2.45, 2.75) is 103 Å². The maximum atomic E-state index is 13.2. The second kappa shape index (κ2) is 15.6. The van der Waals surface area contributed by atoms with E-state index in [0.717, 1.165) is 35.3 Å². The maximum absolute atomic E-state index is 13.2. The molecule has 1 atom stereocenters. The van der Waals surface area contributed by atoms with E-state index in [1.54, 1.807) is 13.2 Å². The molecular weight excluding hydrogens is 459 g/mol. The van der Waals surface area contributed by atoms with Crippen LogP contribution in [0.15, 0.2) is 18.2 Å². The quantitative estimate of drug-likeness (QED) is 0.214. The summed E-state index contributed by atoms with van der Waals surface area (Å²) >= 11 is 2.08. The summed E-state index contributed by atoms with van der Waals surface area (Å²) in [7, 11) is 1.58. The Morgan fingerprint density at radius 1 is 1.00 bits per heavy atom. The molecule has 1 aliphatic heterocycles. The number of ether oxygens (including phenoxy) is 1. The molecule has 0 radical (unpaired) electrons. The first-order chi connectivity index (χ1) is 16.4. The minimum absolute atomic E-state index is 0.0973. The molecule has 3 nitrogen and oxygen atoms in total. The summed E-state index contributed by atoms with van der Waals surface area (Å²) in [6.45, 7) is 2.33. The van der Waals surface area contributed by atoms with E-state index in [1.807, 2.05) is 12.1 Å². The average Bonchev–Trinajstić information content (AvgIpc) is 2.82. The maximum Gasteiger partial charge on any atom is 0.471 e. The predicted molar refractivity (Wildman–Crippen MR) is 136 cm³/mol. The fraction of sp³-hybridized carbons (Fsp3) is 0.741. The smallest absolute Gasteiger partial charge is 0.471 e. The Morgan fingerprint density at radius 2 is 1.62 bits per heavy atom. The van der Waals surface area contributed by atoms with E-state index in [1.165, 1.54) is 62.9 Å². The second-order valence-electron chi connectivity index (χ2n) is 9.26. The minimum atomic E-state index is -4.84. The molecule has 0 N–H and O–H groups in total. The number of halogens is 3. The normalized spacial score (nSPS) is 15.9. The van der Waals surface area contributed by atoms with Crippen molar-refractivity contribution in [3.05, 3.63) is 29.3 Å². The van der Waals surface area contributed by atoms with Crippen LogP contribution in [0.4, 0.5) is 13.2 Å². The highest BCUT2D eigenvalue weighted by atomic mass is 32.2. The van der Waals surface area contributed by atoms with Gasteiger partial charge in [-0.2, -0.15) is 24.9 Å². The molecule has 2 rings (SSSR count). The molecule has 7 heteroatoms. The number of thioether (sulfide) groups is 1. The van der Waals surface area contributed by atoms with Gasteiger partial charge in [0.15, 0.2) is 0 Å². The van der Waals surface area contributed by atoms with Crippen molar-refractivity contribution in [3.8, 4) is 5.75 Å². The van der Waals surface area contributed by atoms with Crippen LogP contribution < -0.4 is 4.74 Å². The molecule has 1 amide bonds. The second-order valence-corrected chi connectivity index (χ2v) is 10.5. The molecule has 0 saturated carbocycles. The Bertz CT molecular complexity index is 726. The van der Waals surface area contributed by atoms with Crippen molar-refractivity contribution in [1.82, 2.24) is 4.90 Å². The van der Waals surface area contributed by atoms with Gasteiger partial charge in [0.25, 0.3) is 0 Å². The zero-order valence-corrected chi connectivity index (χ0v) is 21.7. The standard InChI is InChI=1S/C27H42F3NO2S/c1-3-4-12-19-34-20-13-10-8-6-5-7-9-11-14-25-24-16-15-23(33-2)21-22(24)17-18-31(25)26(32)27(28,29)30/h15-16,21,25H,3-14,17-20H2,1-2H3. The summed E-state index contributed by atoms with van der Waals surface area (Å²) in [5, 5.41) is 0. The van der Waals surface area contributed by atoms with Gasteiger partial charge < -0.3 is 9.64 Å². The van der Waals surface area contributed by atoms with Crippen LogP contribution in [0.3, 0.4) is 0 Å². The first kappa shape index (κ1) is 28.9. The number of nitrogens with zero attached hydrogens (tertiary/aromatic N) is 1. The van der Waals surface area contributed by atoms with Crippen LogP contribution in [0.25, 0.3) is 0 Å². The first-order valence-corrected chi connectivity index (χ1v) is 14.2. The van der Waals surface area contributed by atoms with Gasteiger partial charge in [-0.15, -0.1) is 0 Å². The largest absolute Gasteiger partial charge is 0.497 e. The van der Waals surface area contributed by atoms with Crippen molar-refractivity contribution in [2.75, 3.05) is 25.2 Å². The van der Waals surface area contributed by atoms with Crippen molar-refractivity contribution < 1.29 is 22.7 Å². The number of carbonyl (C=O) groups excluding carboxylic acids is 1. The van der Waals surface area contributed by atoms with E-state index in [2.05, 4.69) is 18.7 Å². The van der Waals surface area contributed by atoms with Crippen LogP contribution in [0.1, 0.15) is 101 Å². The molecule has 1 aliphatic rings. The summed E-state index contributed by atoms with van der Waals surface area (Å²) in [5.41, 5.74) is 1.82. The van der Waals surface area contributed by atoms with Gasteiger partial charge in [-0.1, -0.05) is 70.8 Å². The summed E-state index contributed by atoms with van der Waals surface area (Å²) < 4.78 is 44.9. The Kier molecular flexibility index (Phi) is 13.2. The van der Waals surface area contributed by atoms with Gasteiger partial charge in [-0.3, -0.25) is 4.79 Å². The number of carbonyl (C=O) groups is 1. The van der Waals surface area contributed by atoms with Gasteiger partial charge in [0.1, 0.15) is 5.75 Å². The van der Waals surface area contributed by atoms with Crippen LogP contribution >= 0.6 is 11.8 Å².